The molecule has 7 nitrogen and oxygen atoms in total. The first-order valence-corrected chi connectivity index (χ1v) is 10.1. The molecule has 0 spiro atoms. The van der Waals surface area contributed by atoms with Gasteiger partial charge >= 0.3 is 0 Å². The molecule has 136 valence electrons. The van der Waals surface area contributed by atoms with Gasteiger partial charge in [-0.3, -0.25) is 4.57 Å². The fourth-order valence-corrected chi connectivity index (χ4v) is 4.76. The Labute approximate surface area is 152 Å². The van der Waals surface area contributed by atoms with Gasteiger partial charge in [-0.15, -0.1) is 10.2 Å². The maximum Gasteiger partial charge on any atom is 0.251 e. The van der Waals surface area contributed by atoms with E-state index in [0.29, 0.717) is 32.3 Å². The van der Waals surface area contributed by atoms with E-state index in [1.54, 1.807) is 11.6 Å². The van der Waals surface area contributed by atoms with Crippen LogP contribution < -0.4 is 4.90 Å². The first kappa shape index (κ1) is 17.0. The first-order chi connectivity index (χ1) is 12.6. The zero-order valence-corrected chi connectivity index (χ0v) is 15.3. The molecule has 1 aliphatic heterocycles. The molecule has 8 heteroatoms. The molecule has 2 aromatic carbocycles. The van der Waals surface area contributed by atoms with E-state index in [0.717, 1.165) is 16.3 Å². The number of hydrogen-bond donors (Lipinski definition) is 0. The lowest BCUT2D eigenvalue weighted by atomic mass is 10.1. The van der Waals surface area contributed by atoms with Gasteiger partial charge in [0.05, 0.1) is 19.0 Å². The van der Waals surface area contributed by atoms with Crippen LogP contribution in [0.3, 0.4) is 0 Å². The number of fused-ring (bicyclic) bond motifs is 1. The van der Waals surface area contributed by atoms with Gasteiger partial charge in [-0.1, -0.05) is 42.5 Å². The van der Waals surface area contributed by atoms with Gasteiger partial charge in [-0.25, -0.2) is 8.42 Å². The lowest BCUT2D eigenvalue weighted by Gasteiger charge is -2.27. The molecule has 0 N–H and O–H groups in total. The molecule has 1 fully saturated rings. The van der Waals surface area contributed by atoms with Crippen molar-refractivity contribution >= 4 is 26.6 Å². The van der Waals surface area contributed by atoms with Crippen LogP contribution in [0.2, 0.25) is 0 Å². The molecule has 3 aromatic rings. The monoisotopic (exact) mass is 372 g/mol. The van der Waals surface area contributed by atoms with Crippen LogP contribution in [0.1, 0.15) is 5.56 Å². The molecule has 1 aromatic heterocycles. The highest BCUT2D eigenvalue weighted by Crippen LogP contribution is 2.24. The summed E-state index contributed by atoms with van der Waals surface area (Å²) in [7, 11) is -1.93. The van der Waals surface area contributed by atoms with E-state index in [4.69, 9.17) is 4.74 Å². The van der Waals surface area contributed by atoms with Gasteiger partial charge in [0.1, 0.15) is 0 Å². The minimum absolute atomic E-state index is 0.00748. The molecule has 0 atom stereocenters. The smallest absolute Gasteiger partial charge is 0.251 e. The number of ether oxygens (including phenoxy) is 1. The van der Waals surface area contributed by atoms with Crippen molar-refractivity contribution in [2.75, 3.05) is 31.2 Å². The van der Waals surface area contributed by atoms with Crippen LogP contribution in [0.5, 0.6) is 0 Å². The Morgan fingerprint density at radius 2 is 1.77 bits per heavy atom. The van der Waals surface area contributed by atoms with Crippen LogP contribution in [0.4, 0.5) is 5.95 Å². The second-order valence-electron chi connectivity index (χ2n) is 6.34. The number of benzene rings is 2. The summed E-state index contributed by atoms with van der Waals surface area (Å²) in [5.74, 6) is 0.452. The average molecular weight is 372 g/mol. The van der Waals surface area contributed by atoms with E-state index >= 15 is 0 Å². The standard InChI is InChI=1S/C18H20N4O3S/c1-21-17(22-9-11-25-12-10-22)19-20-18(21)26(23,24)13-15-7-4-6-14-5-2-3-8-16(14)15/h2-8H,9-13H2,1H3. The zero-order chi connectivity index (χ0) is 18.1. The van der Waals surface area contributed by atoms with Crippen LogP contribution in [-0.2, 0) is 27.4 Å². The van der Waals surface area contributed by atoms with E-state index in [-0.39, 0.29) is 10.9 Å². The number of anilines is 1. The fourth-order valence-electron chi connectivity index (χ4n) is 3.30. The fraction of sp³-hybridized carbons (Fsp3) is 0.333. The largest absolute Gasteiger partial charge is 0.378 e. The lowest BCUT2D eigenvalue weighted by molar-refractivity contribution is 0.121. The Bertz CT molecular complexity index is 1030. The molecule has 0 amide bonds. The number of hydrogen-bond acceptors (Lipinski definition) is 6. The third kappa shape index (κ3) is 3.06. The van der Waals surface area contributed by atoms with Gasteiger partial charge in [-0.05, 0) is 16.3 Å². The maximum absolute atomic E-state index is 13.0. The van der Waals surface area contributed by atoms with Crippen molar-refractivity contribution in [1.82, 2.24) is 14.8 Å². The summed E-state index contributed by atoms with van der Waals surface area (Å²) in [5.41, 5.74) is 0.763. The molecular weight excluding hydrogens is 352 g/mol. The number of rotatable bonds is 4. The zero-order valence-electron chi connectivity index (χ0n) is 14.5. The van der Waals surface area contributed by atoms with E-state index in [1.165, 1.54) is 0 Å². The third-order valence-corrected chi connectivity index (χ3v) is 6.21. The molecule has 2 heterocycles. The molecule has 0 aliphatic carbocycles. The Hall–Kier alpha value is -2.45. The Morgan fingerprint density at radius 3 is 2.58 bits per heavy atom. The van der Waals surface area contributed by atoms with E-state index in [9.17, 15) is 8.42 Å². The van der Waals surface area contributed by atoms with Gasteiger partial charge in [0, 0.05) is 20.1 Å². The molecule has 0 saturated carbocycles. The van der Waals surface area contributed by atoms with Crippen molar-refractivity contribution < 1.29 is 13.2 Å². The van der Waals surface area contributed by atoms with E-state index < -0.39 is 9.84 Å². The SMILES string of the molecule is Cn1c(N2CCOCC2)nnc1S(=O)(=O)Cc1cccc2ccccc12. The topological polar surface area (TPSA) is 77.3 Å². The van der Waals surface area contributed by atoms with E-state index in [2.05, 4.69) is 10.2 Å². The van der Waals surface area contributed by atoms with Crippen molar-refractivity contribution in [3.05, 3.63) is 48.0 Å². The molecule has 26 heavy (non-hydrogen) atoms. The first-order valence-electron chi connectivity index (χ1n) is 8.48. The summed E-state index contributed by atoms with van der Waals surface area (Å²) in [6.07, 6.45) is 0. The highest BCUT2D eigenvalue weighted by molar-refractivity contribution is 7.90. The highest BCUT2D eigenvalue weighted by atomic mass is 32.2. The molecule has 1 saturated heterocycles. The number of nitrogens with zero attached hydrogens (tertiary/aromatic N) is 4. The highest BCUT2D eigenvalue weighted by Gasteiger charge is 2.26. The number of sulfone groups is 1. The molecule has 0 radical (unpaired) electrons. The summed E-state index contributed by atoms with van der Waals surface area (Å²) in [6, 6.07) is 13.5. The Morgan fingerprint density at radius 1 is 1.04 bits per heavy atom. The molecule has 0 unspecified atom stereocenters. The van der Waals surface area contributed by atoms with Crippen LogP contribution in [0.15, 0.2) is 47.6 Å². The quantitative estimate of drug-likeness (QED) is 0.695. The number of aromatic nitrogens is 3. The average Bonchev–Trinajstić information content (AvgIpc) is 3.05. The van der Waals surface area contributed by atoms with Gasteiger partial charge in [0.2, 0.25) is 15.8 Å². The van der Waals surface area contributed by atoms with Gasteiger partial charge in [0.15, 0.2) is 0 Å². The summed E-state index contributed by atoms with van der Waals surface area (Å²) < 4.78 is 32.9. The molecule has 4 rings (SSSR count). The normalized spacial score (nSPS) is 15.5. The van der Waals surface area contributed by atoms with Crippen molar-refractivity contribution in [2.24, 2.45) is 7.05 Å². The summed E-state index contributed by atoms with van der Waals surface area (Å²) in [5, 5.41) is 10.0. The van der Waals surface area contributed by atoms with Crippen molar-refractivity contribution in [3.8, 4) is 0 Å². The second-order valence-corrected chi connectivity index (χ2v) is 8.22. The Kier molecular flexibility index (Phi) is 4.37. The number of morpholine rings is 1. The van der Waals surface area contributed by atoms with Crippen molar-refractivity contribution in [2.45, 2.75) is 10.9 Å². The second kappa shape index (κ2) is 6.69. The van der Waals surface area contributed by atoms with Crippen molar-refractivity contribution in [1.29, 1.82) is 0 Å². The maximum atomic E-state index is 13.0. The summed E-state index contributed by atoms with van der Waals surface area (Å²) >= 11 is 0. The summed E-state index contributed by atoms with van der Waals surface area (Å²) in [4.78, 5) is 1.99. The van der Waals surface area contributed by atoms with Crippen LogP contribution >= 0.6 is 0 Å². The van der Waals surface area contributed by atoms with Crippen LogP contribution in [0, 0.1) is 0 Å². The predicted octanol–water partition coefficient (Wildman–Crippen LogP) is 1.78. The third-order valence-electron chi connectivity index (χ3n) is 4.61. The Balaban J connectivity index is 1.68. The van der Waals surface area contributed by atoms with Gasteiger partial charge in [-0.2, -0.15) is 0 Å². The van der Waals surface area contributed by atoms with Gasteiger partial charge in [0.25, 0.3) is 5.16 Å². The minimum atomic E-state index is -3.62. The summed E-state index contributed by atoms with van der Waals surface area (Å²) in [6.45, 7) is 2.56. The van der Waals surface area contributed by atoms with Crippen LogP contribution in [-0.4, -0.2) is 49.5 Å². The predicted molar refractivity (Wildman–Crippen MR) is 98.9 cm³/mol. The molecule has 1 aliphatic rings. The minimum Gasteiger partial charge on any atom is -0.378 e. The molecular formula is C18H20N4O3S. The van der Waals surface area contributed by atoms with Crippen molar-refractivity contribution in [3.63, 3.8) is 0 Å². The lowest BCUT2D eigenvalue weighted by Crippen LogP contribution is -2.37. The van der Waals surface area contributed by atoms with Gasteiger partial charge < -0.3 is 9.64 Å². The van der Waals surface area contributed by atoms with Crippen LogP contribution in [0.25, 0.3) is 10.8 Å². The molecule has 0 bridgehead atoms. The van der Waals surface area contributed by atoms with E-state index in [1.807, 2.05) is 47.4 Å².